The maximum Gasteiger partial charge on any atom is 0.256 e. The van der Waals surface area contributed by atoms with Crippen LogP contribution in [0.1, 0.15) is 35.9 Å². The number of rotatable bonds is 5. The fourth-order valence-corrected chi connectivity index (χ4v) is 1.55. The molecule has 15 heavy (non-hydrogen) atoms. The number of hydrogen-bond acceptors (Lipinski definition) is 3. The van der Waals surface area contributed by atoms with Crippen molar-refractivity contribution >= 4 is 17.5 Å². The lowest BCUT2D eigenvalue weighted by Gasteiger charge is -2.14. The van der Waals surface area contributed by atoms with Crippen LogP contribution >= 0.6 is 11.6 Å². The van der Waals surface area contributed by atoms with E-state index >= 15 is 0 Å². The van der Waals surface area contributed by atoms with Gasteiger partial charge in [0.15, 0.2) is 0 Å². The van der Waals surface area contributed by atoms with Crippen LogP contribution in [0.2, 0.25) is 0 Å². The Labute approximate surface area is 94.0 Å². The van der Waals surface area contributed by atoms with Crippen LogP contribution in [0, 0.1) is 6.92 Å². The molecule has 1 aromatic heterocycles. The lowest BCUT2D eigenvalue weighted by atomic mass is 10.1. The Morgan fingerprint density at radius 2 is 2.47 bits per heavy atom. The third-order valence-corrected chi connectivity index (χ3v) is 2.50. The Kier molecular flexibility index (Phi) is 4.62. The molecule has 1 amide bonds. The number of halogens is 1. The van der Waals surface area contributed by atoms with E-state index in [0.29, 0.717) is 17.2 Å². The van der Waals surface area contributed by atoms with Crippen molar-refractivity contribution in [2.24, 2.45) is 0 Å². The van der Waals surface area contributed by atoms with Gasteiger partial charge in [-0.25, -0.2) is 0 Å². The van der Waals surface area contributed by atoms with Gasteiger partial charge in [0.05, 0.1) is 6.20 Å². The first kappa shape index (κ1) is 12.0. The third-order valence-electron chi connectivity index (χ3n) is 2.28. The minimum atomic E-state index is -0.147. The third kappa shape index (κ3) is 3.23. The summed E-state index contributed by atoms with van der Waals surface area (Å²) in [4.78, 5) is 11.7. The highest BCUT2D eigenvalue weighted by molar-refractivity contribution is 6.17. The highest BCUT2D eigenvalue weighted by Crippen LogP contribution is 2.07. The molecule has 1 unspecified atom stereocenters. The van der Waals surface area contributed by atoms with Crippen molar-refractivity contribution in [3.05, 3.63) is 17.5 Å². The summed E-state index contributed by atoms with van der Waals surface area (Å²) in [6, 6.07) is 0.115. The molecule has 1 rings (SSSR count). The molecule has 1 atom stereocenters. The van der Waals surface area contributed by atoms with Crippen LogP contribution in [-0.2, 0) is 0 Å². The standard InChI is InChI=1S/C10H15ClN2O2/c1-3-8(4-5-11)13-10(14)9-6-12-15-7(9)2/h6,8H,3-5H2,1-2H3,(H,13,14). The van der Waals surface area contributed by atoms with E-state index in [1.165, 1.54) is 6.20 Å². The zero-order valence-electron chi connectivity index (χ0n) is 8.92. The highest BCUT2D eigenvalue weighted by Gasteiger charge is 2.15. The normalized spacial score (nSPS) is 12.5. The van der Waals surface area contributed by atoms with E-state index in [-0.39, 0.29) is 11.9 Å². The van der Waals surface area contributed by atoms with Crippen LogP contribution in [0.5, 0.6) is 0 Å². The molecule has 0 aliphatic heterocycles. The van der Waals surface area contributed by atoms with E-state index in [0.717, 1.165) is 12.8 Å². The number of aryl methyl sites for hydroxylation is 1. The van der Waals surface area contributed by atoms with Crippen LogP contribution in [-0.4, -0.2) is 23.0 Å². The topological polar surface area (TPSA) is 55.1 Å². The summed E-state index contributed by atoms with van der Waals surface area (Å²) in [5.41, 5.74) is 0.489. The number of alkyl halides is 1. The minimum Gasteiger partial charge on any atom is -0.361 e. The van der Waals surface area contributed by atoms with E-state index in [1.807, 2.05) is 6.92 Å². The molecule has 1 aromatic rings. The van der Waals surface area contributed by atoms with Gasteiger partial charge in [0.1, 0.15) is 11.3 Å². The summed E-state index contributed by atoms with van der Waals surface area (Å²) in [7, 11) is 0. The van der Waals surface area contributed by atoms with Gasteiger partial charge in [0.25, 0.3) is 5.91 Å². The maximum atomic E-state index is 11.7. The first-order chi connectivity index (χ1) is 7.19. The Morgan fingerprint density at radius 1 is 1.73 bits per heavy atom. The van der Waals surface area contributed by atoms with Crippen LogP contribution in [0.15, 0.2) is 10.7 Å². The van der Waals surface area contributed by atoms with Gasteiger partial charge in [-0.05, 0) is 19.8 Å². The van der Waals surface area contributed by atoms with Crippen molar-refractivity contribution < 1.29 is 9.32 Å². The molecule has 0 saturated carbocycles. The SMILES string of the molecule is CCC(CCCl)NC(=O)c1cnoc1C. The number of nitrogens with zero attached hydrogens (tertiary/aromatic N) is 1. The Morgan fingerprint density at radius 3 is 2.93 bits per heavy atom. The fraction of sp³-hybridized carbons (Fsp3) is 0.600. The van der Waals surface area contributed by atoms with Gasteiger partial charge in [0.2, 0.25) is 0 Å². The van der Waals surface area contributed by atoms with Gasteiger partial charge in [-0.2, -0.15) is 0 Å². The number of carbonyl (C=O) groups is 1. The molecule has 0 radical (unpaired) electrons. The number of aromatic nitrogens is 1. The molecular weight excluding hydrogens is 216 g/mol. The van der Waals surface area contributed by atoms with Crippen molar-refractivity contribution in [2.75, 3.05) is 5.88 Å². The van der Waals surface area contributed by atoms with E-state index < -0.39 is 0 Å². The molecule has 1 N–H and O–H groups in total. The first-order valence-corrected chi connectivity index (χ1v) is 5.50. The largest absolute Gasteiger partial charge is 0.361 e. The zero-order chi connectivity index (χ0) is 11.3. The second-order valence-corrected chi connectivity index (χ2v) is 3.73. The molecule has 4 nitrogen and oxygen atoms in total. The number of nitrogens with one attached hydrogen (secondary N) is 1. The van der Waals surface area contributed by atoms with Crippen LogP contribution in [0.25, 0.3) is 0 Å². The monoisotopic (exact) mass is 230 g/mol. The first-order valence-electron chi connectivity index (χ1n) is 4.97. The molecule has 0 spiro atoms. The quantitative estimate of drug-likeness (QED) is 0.789. The second-order valence-electron chi connectivity index (χ2n) is 3.35. The van der Waals surface area contributed by atoms with Crippen molar-refractivity contribution in [3.63, 3.8) is 0 Å². The lowest BCUT2D eigenvalue weighted by Crippen LogP contribution is -2.34. The van der Waals surface area contributed by atoms with Gasteiger partial charge < -0.3 is 9.84 Å². The molecule has 0 aromatic carbocycles. The Hall–Kier alpha value is -1.03. The molecule has 0 saturated heterocycles. The summed E-state index contributed by atoms with van der Waals surface area (Å²) in [6.07, 6.45) is 3.06. The Balaban J connectivity index is 2.58. The number of carbonyl (C=O) groups excluding carboxylic acids is 1. The van der Waals surface area contributed by atoms with Gasteiger partial charge >= 0.3 is 0 Å². The van der Waals surface area contributed by atoms with Crippen LogP contribution in [0.4, 0.5) is 0 Å². The zero-order valence-corrected chi connectivity index (χ0v) is 9.67. The molecule has 1 heterocycles. The van der Waals surface area contributed by atoms with E-state index in [9.17, 15) is 4.79 Å². The summed E-state index contributed by atoms with van der Waals surface area (Å²) in [5.74, 6) is 0.931. The predicted molar refractivity (Wildman–Crippen MR) is 58.1 cm³/mol. The van der Waals surface area contributed by atoms with Crippen LogP contribution < -0.4 is 5.32 Å². The number of hydrogen-bond donors (Lipinski definition) is 1. The predicted octanol–water partition coefficient (Wildman–Crippen LogP) is 2.12. The van der Waals surface area contributed by atoms with Crippen molar-refractivity contribution in [2.45, 2.75) is 32.7 Å². The van der Waals surface area contributed by atoms with Gasteiger partial charge in [-0.1, -0.05) is 12.1 Å². The van der Waals surface area contributed by atoms with Crippen molar-refractivity contribution in [3.8, 4) is 0 Å². The fourth-order valence-electron chi connectivity index (χ4n) is 1.29. The summed E-state index contributed by atoms with van der Waals surface area (Å²) >= 11 is 5.63. The summed E-state index contributed by atoms with van der Waals surface area (Å²) < 4.78 is 4.82. The van der Waals surface area contributed by atoms with Crippen molar-refractivity contribution in [1.29, 1.82) is 0 Å². The molecular formula is C10H15ClN2O2. The second kappa shape index (κ2) is 5.75. The van der Waals surface area contributed by atoms with Gasteiger partial charge in [-0.15, -0.1) is 11.6 Å². The average Bonchev–Trinajstić information content (AvgIpc) is 2.63. The number of amides is 1. The van der Waals surface area contributed by atoms with Gasteiger partial charge in [-0.3, -0.25) is 4.79 Å². The van der Waals surface area contributed by atoms with E-state index in [4.69, 9.17) is 16.1 Å². The molecule has 0 aliphatic carbocycles. The van der Waals surface area contributed by atoms with Crippen molar-refractivity contribution in [1.82, 2.24) is 10.5 Å². The highest BCUT2D eigenvalue weighted by atomic mass is 35.5. The lowest BCUT2D eigenvalue weighted by molar-refractivity contribution is 0.0933. The summed E-state index contributed by atoms with van der Waals surface area (Å²) in [5, 5.41) is 6.45. The summed E-state index contributed by atoms with van der Waals surface area (Å²) in [6.45, 7) is 3.72. The van der Waals surface area contributed by atoms with Crippen LogP contribution in [0.3, 0.4) is 0 Å². The van der Waals surface area contributed by atoms with E-state index in [1.54, 1.807) is 6.92 Å². The molecule has 0 bridgehead atoms. The average molecular weight is 231 g/mol. The molecule has 0 fully saturated rings. The molecule has 0 aliphatic rings. The molecule has 5 heteroatoms. The minimum absolute atomic E-state index is 0.115. The molecule has 84 valence electrons. The van der Waals surface area contributed by atoms with Gasteiger partial charge in [0, 0.05) is 11.9 Å². The Bertz CT molecular complexity index is 325. The maximum absolute atomic E-state index is 11.7. The van der Waals surface area contributed by atoms with E-state index in [2.05, 4.69) is 10.5 Å². The smallest absolute Gasteiger partial charge is 0.256 e.